The van der Waals surface area contributed by atoms with Crippen LogP contribution in [0.1, 0.15) is 153 Å². The van der Waals surface area contributed by atoms with E-state index in [0.717, 1.165) is 25.7 Å². The van der Waals surface area contributed by atoms with Gasteiger partial charge in [0.05, 0.1) is 0 Å². The molecule has 0 aliphatic rings. The van der Waals surface area contributed by atoms with Crippen molar-refractivity contribution in [2.45, 2.75) is 156 Å². The van der Waals surface area contributed by atoms with Crippen molar-refractivity contribution in [2.75, 3.05) is 0 Å². The van der Waals surface area contributed by atoms with Crippen molar-refractivity contribution in [3.8, 4) is 44.5 Å². The third-order valence-corrected chi connectivity index (χ3v) is 13.2. The molecule has 5 aromatic carbocycles. The van der Waals surface area contributed by atoms with E-state index in [1.54, 1.807) is 0 Å². The molecule has 0 aliphatic heterocycles. The van der Waals surface area contributed by atoms with E-state index >= 15 is 0 Å². The van der Waals surface area contributed by atoms with Gasteiger partial charge in [-0.3, -0.25) is 0 Å². The largest absolute Gasteiger partial charge is 0.0654 e. The van der Waals surface area contributed by atoms with Gasteiger partial charge in [0.15, 0.2) is 0 Å². The van der Waals surface area contributed by atoms with Gasteiger partial charge in [0.25, 0.3) is 0 Å². The van der Waals surface area contributed by atoms with Crippen LogP contribution in [0.2, 0.25) is 0 Å². The molecule has 0 fully saturated rings. The molecule has 0 nitrogen and oxygen atoms in total. The Morgan fingerprint density at radius 3 is 0.804 bits per heavy atom. The molecule has 5 rings (SSSR count). The molecule has 0 saturated carbocycles. The number of halogens is 2. The van der Waals surface area contributed by atoms with Crippen molar-refractivity contribution in [1.29, 1.82) is 0 Å². The van der Waals surface area contributed by atoms with Gasteiger partial charge < -0.3 is 0 Å². The molecule has 0 unspecified atom stereocenters. The molecule has 0 N–H and O–H groups in total. The molecule has 5 aromatic rings. The normalized spacial score (nSPS) is 11.4. The van der Waals surface area contributed by atoms with Gasteiger partial charge in [0, 0.05) is 8.95 Å². The van der Waals surface area contributed by atoms with Gasteiger partial charge in [-0.2, -0.15) is 0 Å². The van der Waals surface area contributed by atoms with Gasteiger partial charge in [-0.1, -0.05) is 209 Å². The van der Waals surface area contributed by atoms with E-state index in [4.69, 9.17) is 0 Å². The monoisotopic (exact) mass is 874 g/mol. The Labute approximate surface area is 358 Å². The molecule has 2 heteroatoms. The lowest BCUT2D eigenvalue weighted by Gasteiger charge is -2.16. The van der Waals surface area contributed by atoms with Crippen LogP contribution in [0.3, 0.4) is 0 Å². The van der Waals surface area contributed by atoms with Crippen molar-refractivity contribution in [2.24, 2.45) is 0 Å². The second kappa shape index (κ2) is 24.1. The first-order chi connectivity index (χ1) is 27.4. The molecule has 0 bridgehead atoms. The van der Waals surface area contributed by atoms with Gasteiger partial charge in [0.1, 0.15) is 0 Å². The predicted molar refractivity (Wildman–Crippen MR) is 255 cm³/mol. The van der Waals surface area contributed by atoms with Gasteiger partial charge >= 0.3 is 0 Å². The van der Waals surface area contributed by atoms with Crippen LogP contribution in [0.5, 0.6) is 0 Å². The summed E-state index contributed by atoms with van der Waals surface area (Å²) in [5.41, 5.74) is 16.4. The molecule has 0 saturated heterocycles. The molecule has 298 valence electrons. The smallest absolute Gasteiger partial charge is 0.0210 e. The van der Waals surface area contributed by atoms with Gasteiger partial charge in [-0.25, -0.2) is 0 Å². The van der Waals surface area contributed by atoms with E-state index in [1.807, 2.05) is 0 Å². The van der Waals surface area contributed by atoms with E-state index in [-0.39, 0.29) is 0 Å². The lowest BCUT2D eigenvalue weighted by atomic mass is 9.91. The standard InChI is InChI=1S/C54H68Br2/c1-5-9-13-17-21-47-39-53(55)49(23-19-15-11-7-3)37-51(47)45-33-29-43(30-34-45)41-25-27-42(28-26-41)44-31-35-46(36-32-44)52-38-50(24-20-16-12-8-4)54(56)40-48(52)22-18-14-10-6-2/h25-40H,5-24H2,1-4H3. The van der Waals surface area contributed by atoms with Crippen molar-refractivity contribution < 1.29 is 0 Å². The van der Waals surface area contributed by atoms with E-state index < -0.39 is 0 Å². The third kappa shape index (κ3) is 13.0. The maximum atomic E-state index is 3.95. The number of unbranched alkanes of at least 4 members (excludes halogenated alkanes) is 12. The fraction of sp³-hybridized carbons (Fsp3) is 0.444. The summed E-state index contributed by atoms with van der Waals surface area (Å²) >= 11 is 7.91. The fourth-order valence-electron chi connectivity index (χ4n) is 8.16. The van der Waals surface area contributed by atoms with Crippen LogP contribution < -0.4 is 0 Å². The minimum Gasteiger partial charge on any atom is -0.0654 e. The second-order valence-electron chi connectivity index (χ2n) is 16.2. The van der Waals surface area contributed by atoms with Crippen LogP contribution in [0.25, 0.3) is 44.5 Å². The molecule has 0 atom stereocenters. The highest BCUT2D eigenvalue weighted by molar-refractivity contribution is 9.10. The Bertz CT molecular complexity index is 1740. The quantitative estimate of drug-likeness (QED) is 0.0542. The first kappa shape index (κ1) is 44.2. The molecular weight excluding hydrogens is 808 g/mol. The van der Waals surface area contributed by atoms with Crippen LogP contribution in [0, 0.1) is 0 Å². The van der Waals surface area contributed by atoms with Gasteiger partial charge in [-0.15, -0.1) is 0 Å². The minimum absolute atomic E-state index is 1.14. The maximum absolute atomic E-state index is 3.95. The molecule has 0 radical (unpaired) electrons. The molecule has 0 aliphatic carbocycles. The zero-order valence-corrected chi connectivity index (χ0v) is 38.3. The van der Waals surface area contributed by atoms with Crippen LogP contribution in [0.15, 0.2) is 106 Å². The molecule has 0 spiro atoms. The Morgan fingerprint density at radius 2 is 0.536 bits per heavy atom. The zero-order valence-electron chi connectivity index (χ0n) is 35.1. The Kier molecular flexibility index (Phi) is 19.0. The second-order valence-corrected chi connectivity index (χ2v) is 17.9. The number of benzene rings is 5. The van der Waals surface area contributed by atoms with E-state index in [2.05, 4.69) is 157 Å². The van der Waals surface area contributed by atoms with E-state index in [9.17, 15) is 0 Å². The molecule has 56 heavy (non-hydrogen) atoms. The van der Waals surface area contributed by atoms with Crippen LogP contribution in [0.4, 0.5) is 0 Å². The van der Waals surface area contributed by atoms with Crippen molar-refractivity contribution in [3.63, 3.8) is 0 Å². The molecular formula is C54H68Br2. The van der Waals surface area contributed by atoms with Crippen molar-refractivity contribution in [1.82, 2.24) is 0 Å². The first-order valence-electron chi connectivity index (χ1n) is 22.4. The molecule has 0 heterocycles. The fourth-order valence-corrected chi connectivity index (χ4v) is 9.34. The Morgan fingerprint density at radius 1 is 0.286 bits per heavy atom. The number of rotatable bonds is 24. The maximum Gasteiger partial charge on any atom is 0.0210 e. The number of hydrogen-bond donors (Lipinski definition) is 0. The van der Waals surface area contributed by atoms with Crippen molar-refractivity contribution in [3.05, 3.63) is 128 Å². The van der Waals surface area contributed by atoms with Crippen LogP contribution in [-0.2, 0) is 25.7 Å². The summed E-state index contributed by atoms with van der Waals surface area (Å²) < 4.78 is 2.57. The van der Waals surface area contributed by atoms with E-state index in [1.165, 1.54) is 178 Å². The first-order valence-corrected chi connectivity index (χ1v) is 24.0. The summed E-state index contributed by atoms with van der Waals surface area (Å²) in [6.07, 6.45) is 25.2. The zero-order chi connectivity index (χ0) is 39.5. The Balaban J connectivity index is 1.33. The summed E-state index contributed by atoms with van der Waals surface area (Å²) in [5.74, 6) is 0. The summed E-state index contributed by atoms with van der Waals surface area (Å²) in [5, 5.41) is 0. The van der Waals surface area contributed by atoms with Gasteiger partial charge in [0.2, 0.25) is 0 Å². The topological polar surface area (TPSA) is 0 Å². The number of hydrogen-bond acceptors (Lipinski definition) is 0. The van der Waals surface area contributed by atoms with E-state index in [0.29, 0.717) is 0 Å². The summed E-state index contributed by atoms with van der Waals surface area (Å²) in [7, 11) is 0. The predicted octanol–water partition coefficient (Wildman–Crippen LogP) is 18.4. The SMILES string of the molecule is CCCCCCc1cc(-c2ccc(-c3ccc(-c4ccc(-c5cc(CCCCCC)c(Br)cc5CCCCCC)cc4)cc3)cc2)c(CCCCCC)cc1Br. The van der Waals surface area contributed by atoms with Crippen LogP contribution >= 0.6 is 31.9 Å². The number of aryl methyl sites for hydroxylation is 4. The summed E-state index contributed by atoms with van der Waals surface area (Å²) in [6.45, 7) is 9.17. The lowest BCUT2D eigenvalue weighted by Crippen LogP contribution is -1.97. The lowest BCUT2D eigenvalue weighted by molar-refractivity contribution is 0.663. The highest BCUT2D eigenvalue weighted by atomic mass is 79.9. The average Bonchev–Trinajstić information content (AvgIpc) is 3.23. The molecule has 0 aromatic heterocycles. The molecule has 0 amide bonds. The van der Waals surface area contributed by atoms with Crippen molar-refractivity contribution >= 4 is 31.9 Å². The van der Waals surface area contributed by atoms with Crippen LogP contribution in [-0.4, -0.2) is 0 Å². The highest BCUT2D eigenvalue weighted by Gasteiger charge is 2.14. The third-order valence-electron chi connectivity index (χ3n) is 11.7. The Hall–Kier alpha value is -2.94. The summed E-state index contributed by atoms with van der Waals surface area (Å²) in [4.78, 5) is 0. The minimum atomic E-state index is 1.14. The highest BCUT2D eigenvalue weighted by Crippen LogP contribution is 2.36. The van der Waals surface area contributed by atoms with Gasteiger partial charge in [-0.05, 0) is 142 Å². The summed E-state index contributed by atoms with van der Waals surface area (Å²) in [6, 6.07) is 37.6. The average molecular weight is 877 g/mol.